The number of quaternary nitrogens is 1. The van der Waals surface area contributed by atoms with Gasteiger partial charge in [0.05, 0.1) is 34.0 Å². The van der Waals surface area contributed by atoms with E-state index in [0.29, 0.717) is 17.4 Å². The van der Waals surface area contributed by atoms with Crippen LogP contribution >= 0.6 is 7.82 Å². The maximum atomic E-state index is 12.5. The van der Waals surface area contributed by atoms with Gasteiger partial charge < -0.3 is 18.9 Å². The number of nitrogens with zero attached hydrogens (tertiary/aromatic N) is 1. The number of phosphoric ester groups is 1. The number of rotatable bonds is 40. The molecule has 0 aliphatic heterocycles. The van der Waals surface area contributed by atoms with Gasteiger partial charge in [0, 0.05) is 6.42 Å². The number of likely N-dealkylation sites (N-methyl/N-ethyl adjacent to an activating group) is 1. The smallest absolute Gasteiger partial charge is 0.472 e. The largest absolute Gasteiger partial charge is 0.492 e. The van der Waals surface area contributed by atoms with Crippen molar-refractivity contribution >= 4 is 13.8 Å². The predicted octanol–water partition coefficient (Wildman–Crippen LogP) is 13.3. The lowest BCUT2D eigenvalue weighted by molar-refractivity contribution is -0.870. The van der Waals surface area contributed by atoms with Crippen molar-refractivity contribution in [1.82, 2.24) is 0 Å². The topological polar surface area (TPSA) is 91.3 Å². The van der Waals surface area contributed by atoms with Gasteiger partial charge in [0.25, 0.3) is 0 Å². The van der Waals surface area contributed by atoms with Crippen molar-refractivity contribution in [1.29, 1.82) is 0 Å². The first-order valence-corrected chi connectivity index (χ1v) is 23.6. The standard InChI is InChI=1S/C46H84NO7P/c1-6-8-10-12-14-16-18-20-22-24-25-27-29-31-33-35-37-39-46(48)52-43-45(44-54-55(49,50)53-42-40-47(3,4)5)51-41-38-36-34-32-30-28-26-23-21-19-17-15-13-11-9-7-2/h20-23,25,27,31,33,38,41,45H,6-19,24,26,28-30,32,34-37,39-40,42-44H2,1-5H3/p+1/b22-20-,23-21-,27-25-,33-31-,41-38-. The summed E-state index contributed by atoms with van der Waals surface area (Å²) in [5.41, 5.74) is 0. The lowest BCUT2D eigenvalue weighted by Gasteiger charge is -2.24. The molecule has 0 aromatic rings. The Kier molecular flexibility index (Phi) is 37.5. The van der Waals surface area contributed by atoms with Gasteiger partial charge >= 0.3 is 13.8 Å². The average molecular weight is 795 g/mol. The maximum Gasteiger partial charge on any atom is 0.472 e. The fourth-order valence-corrected chi connectivity index (χ4v) is 6.35. The van der Waals surface area contributed by atoms with Crippen LogP contribution in [0.4, 0.5) is 0 Å². The molecule has 9 heteroatoms. The predicted molar refractivity (Wildman–Crippen MR) is 233 cm³/mol. The van der Waals surface area contributed by atoms with Gasteiger partial charge in [0.2, 0.25) is 0 Å². The second kappa shape index (κ2) is 38.9. The van der Waals surface area contributed by atoms with Gasteiger partial charge in [-0.15, -0.1) is 0 Å². The molecule has 0 aromatic carbocycles. The number of carbonyl (C=O) groups is 1. The Hall–Kier alpha value is -1.96. The van der Waals surface area contributed by atoms with Gasteiger partial charge in [-0.1, -0.05) is 140 Å². The summed E-state index contributed by atoms with van der Waals surface area (Å²) in [4.78, 5) is 22.6. The molecule has 2 atom stereocenters. The number of unbranched alkanes of at least 4 members (excludes halogenated alkanes) is 18. The fourth-order valence-electron chi connectivity index (χ4n) is 5.60. The molecule has 0 heterocycles. The number of phosphoric acid groups is 1. The minimum Gasteiger partial charge on any atom is -0.492 e. The third kappa shape index (κ3) is 43.0. The van der Waals surface area contributed by atoms with Gasteiger partial charge in [-0.05, 0) is 83.1 Å². The van der Waals surface area contributed by atoms with Crippen molar-refractivity contribution in [2.24, 2.45) is 0 Å². The Morgan fingerprint density at radius 3 is 1.53 bits per heavy atom. The lowest BCUT2D eigenvalue weighted by atomic mass is 10.1. The molecule has 55 heavy (non-hydrogen) atoms. The highest BCUT2D eigenvalue weighted by Gasteiger charge is 2.25. The Labute approximate surface area is 339 Å². The molecule has 0 aromatic heterocycles. The van der Waals surface area contributed by atoms with Crippen molar-refractivity contribution in [2.75, 3.05) is 47.5 Å². The zero-order valence-electron chi connectivity index (χ0n) is 36.1. The van der Waals surface area contributed by atoms with Crippen LogP contribution in [0.1, 0.15) is 174 Å². The summed E-state index contributed by atoms with van der Waals surface area (Å²) in [7, 11) is 1.63. The van der Waals surface area contributed by atoms with Crippen LogP contribution in [0.5, 0.6) is 0 Å². The Bertz CT molecular complexity index is 1060. The minimum absolute atomic E-state index is 0.0780. The molecule has 320 valence electrons. The molecule has 0 bridgehead atoms. The van der Waals surface area contributed by atoms with Crippen molar-refractivity contribution in [3.8, 4) is 0 Å². The number of ether oxygens (including phenoxy) is 2. The molecule has 0 rings (SSSR count). The van der Waals surface area contributed by atoms with Crippen molar-refractivity contribution in [3.05, 3.63) is 60.9 Å². The zero-order chi connectivity index (χ0) is 40.6. The van der Waals surface area contributed by atoms with Crippen molar-refractivity contribution in [3.63, 3.8) is 0 Å². The lowest BCUT2D eigenvalue weighted by Crippen LogP contribution is -2.37. The quantitative estimate of drug-likeness (QED) is 0.0165. The highest BCUT2D eigenvalue weighted by Crippen LogP contribution is 2.43. The van der Waals surface area contributed by atoms with E-state index in [0.717, 1.165) is 44.9 Å². The fraction of sp³-hybridized carbons (Fsp3) is 0.761. The number of allylic oxidation sites excluding steroid dienone is 9. The molecule has 0 amide bonds. The first-order valence-electron chi connectivity index (χ1n) is 22.1. The van der Waals surface area contributed by atoms with E-state index in [1.165, 1.54) is 103 Å². The summed E-state index contributed by atoms with van der Waals surface area (Å²) in [5, 5.41) is 0. The summed E-state index contributed by atoms with van der Waals surface area (Å²) in [5.74, 6) is -0.331. The second-order valence-corrected chi connectivity index (χ2v) is 17.2. The molecule has 0 saturated heterocycles. The van der Waals surface area contributed by atoms with E-state index in [4.69, 9.17) is 18.5 Å². The van der Waals surface area contributed by atoms with Crippen LogP contribution in [-0.2, 0) is 27.9 Å². The van der Waals surface area contributed by atoms with Crippen LogP contribution in [0.3, 0.4) is 0 Å². The number of hydrogen-bond acceptors (Lipinski definition) is 6. The highest BCUT2D eigenvalue weighted by molar-refractivity contribution is 7.47. The van der Waals surface area contributed by atoms with E-state index in [-0.39, 0.29) is 32.2 Å². The van der Waals surface area contributed by atoms with E-state index < -0.39 is 13.9 Å². The monoisotopic (exact) mass is 795 g/mol. The zero-order valence-corrected chi connectivity index (χ0v) is 37.0. The minimum atomic E-state index is -4.28. The molecule has 0 fully saturated rings. The molecular weight excluding hydrogens is 709 g/mol. The molecule has 0 radical (unpaired) electrons. The molecule has 0 aliphatic rings. The van der Waals surface area contributed by atoms with Gasteiger partial charge in [-0.3, -0.25) is 13.8 Å². The van der Waals surface area contributed by atoms with Gasteiger partial charge in [0.15, 0.2) is 6.10 Å². The normalized spacial score (nSPS) is 14.3. The molecule has 1 N–H and O–H groups in total. The van der Waals surface area contributed by atoms with Crippen LogP contribution < -0.4 is 0 Å². The van der Waals surface area contributed by atoms with Crippen LogP contribution in [0.15, 0.2) is 60.9 Å². The van der Waals surface area contributed by atoms with E-state index in [1.54, 1.807) is 6.26 Å². The van der Waals surface area contributed by atoms with Crippen LogP contribution in [0, 0.1) is 0 Å². The molecule has 2 unspecified atom stereocenters. The molecule has 0 spiro atoms. The van der Waals surface area contributed by atoms with E-state index in [1.807, 2.05) is 27.2 Å². The average Bonchev–Trinajstić information content (AvgIpc) is 3.14. The van der Waals surface area contributed by atoms with E-state index in [9.17, 15) is 14.3 Å². The summed E-state index contributed by atoms with van der Waals surface area (Å²) in [6.07, 6.45) is 49.4. The van der Waals surface area contributed by atoms with E-state index in [2.05, 4.69) is 62.5 Å². The van der Waals surface area contributed by atoms with Crippen molar-refractivity contribution < 1.29 is 37.3 Å². The molecular formula is C46H85NO7P+. The molecule has 0 saturated carbocycles. The SMILES string of the molecule is CCCCCCCC/C=C\C/C=C\C/C=C\CCCC(=O)OCC(COP(=O)(O)OCC[N+](C)(C)C)O/C=C\CCCCCC/C=C\CCCCCCCC. The summed E-state index contributed by atoms with van der Waals surface area (Å²) in [6, 6.07) is 0. The number of carbonyl (C=O) groups excluding carboxylic acids is 1. The summed E-state index contributed by atoms with van der Waals surface area (Å²) >= 11 is 0. The second-order valence-electron chi connectivity index (χ2n) is 15.8. The molecule has 8 nitrogen and oxygen atoms in total. The van der Waals surface area contributed by atoms with Crippen LogP contribution in [0.25, 0.3) is 0 Å². The summed E-state index contributed by atoms with van der Waals surface area (Å²) < 4.78 is 34.7. The molecule has 0 aliphatic carbocycles. The highest BCUT2D eigenvalue weighted by atomic mass is 31.2. The van der Waals surface area contributed by atoms with Gasteiger partial charge in [0.1, 0.15) is 19.8 Å². The Morgan fingerprint density at radius 1 is 0.582 bits per heavy atom. The Morgan fingerprint density at radius 2 is 1.02 bits per heavy atom. The first kappa shape index (κ1) is 53.0. The first-order chi connectivity index (χ1) is 26.6. The van der Waals surface area contributed by atoms with Gasteiger partial charge in [-0.25, -0.2) is 4.57 Å². The van der Waals surface area contributed by atoms with Gasteiger partial charge in [-0.2, -0.15) is 0 Å². The summed E-state index contributed by atoms with van der Waals surface area (Å²) in [6.45, 7) is 4.82. The number of hydrogen-bond donors (Lipinski definition) is 1. The van der Waals surface area contributed by atoms with Crippen molar-refractivity contribution in [2.45, 2.75) is 180 Å². The Balaban J connectivity index is 4.40. The van der Waals surface area contributed by atoms with Crippen LogP contribution in [0.2, 0.25) is 0 Å². The third-order valence-corrected chi connectivity index (χ3v) is 10.1. The maximum absolute atomic E-state index is 12.5. The van der Waals surface area contributed by atoms with Crippen LogP contribution in [-0.4, -0.2) is 69.0 Å². The van der Waals surface area contributed by atoms with E-state index >= 15 is 0 Å². The third-order valence-electron chi connectivity index (χ3n) is 9.14. The number of esters is 1.